The van der Waals surface area contributed by atoms with Crippen LogP contribution in [0.25, 0.3) is 5.69 Å². The van der Waals surface area contributed by atoms with Gasteiger partial charge in [0.1, 0.15) is 5.76 Å². The van der Waals surface area contributed by atoms with Crippen molar-refractivity contribution in [3.8, 4) is 5.69 Å². The Morgan fingerprint density at radius 3 is 2.67 bits per heavy atom. The Bertz CT molecular complexity index is 744. The third-order valence-corrected chi connectivity index (χ3v) is 3.09. The highest BCUT2D eigenvalue weighted by atomic mass is 16.4. The summed E-state index contributed by atoms with van der Waals surface area (Å²) in [7, 11) is 0. The number of benzene rings is 1. The van der Waals surface area contributed by atoms with Crippen LogP contribution in [0.15, 0.2) is 65.3 Å². The fourth-order valence-corrected chi connectivity index (χ4v) is 2.05. The van der Waals surface area contributed by atoms with Gasteiger partial charge in [-0.25, -0.2) is 0 Å². The first-order chi connectivity index (χ1) is 10.3. The third-order valence-electron chi connectivity index (χ3n) is 3.09. The van der Waals surface area contributed by atoms with Crippen LogP contribution < -0.4 is 11.1 Å². The van der Waals surface area contributed by atoms with Crippen molar-refractivity contribution in [2.75, 3.05) is 5.32 Å². The molecule has 106 valence electrons. The fourth-order valence-electron chi connectivity index (χ4n) is 2.05. The van der Waals surface area contributed by atoms with Gasteiger partial charge in [-0.1, -0.05) is 6.07 Å². The van der Waals surface area contributed by atoms with Crippen LogP contribution in [0.5, 0.6) is 0 Å². The number of furan rings is 1. The summed E-state index contributed by atoms with van der Waals surface area (Å²) < 4.78 is 7.29. The first kappa shape index (κ1) is 13.2. The van der Waals surface area contributed by atoms with E-state index in [2.05, 4.69) is 5.32 Å². The molecule has 3 aromatic rings. The van der Waals surface area contributed by atoms with Crippen molar-refractivity contribution in [1.82, 2.24) is 4.57 Å². The zero-order valence-electron chi connectivity index (χ0n) is 11.3. The number of nitrogens with one attached hydrogen (secondary N) is 1. The third kappa shape index (κ3) is 2.88. The number of anilines is 1. The number of amides is 1. The van der Waals surface area contributed by atoms with E-state index in [-0.39, 0.29) is 18.2 Å². The molecule has 2 heterocycles. The molecule has 21 heavy (non-hydrogen) atoms. The van der Waals surface area contributed by atoms with Crippen molar-refractivity contribution >= 4 is 11.6 Å². The maximum Gasteiger partial charge on any atom is 0.291 e. The van der Waals surface area contributed by atoms with E-state index in [1.54, 1.807) is 12.1 Å². The topological polar surface area (TPSA) is 73.2 Å². The van der Waals surface area contributed by atoms with E-state index in [0.29, 0.717) is 11.4 Å². The quantitative estimate of drug-likeness (QED) is 0.772. The van der Waals surface area contributed by atoms with Gasteiger partial charge in [0.05, 0.1) is 6.54 Å². The van der Waals surface area contributed by atoms with Crippen molar-refractivity contribution in [3.05, 3.63) is 72.4 Å². The molecule has 0 unspecified atom stereocenters. The van der Waals surface area contributed by atoms with E-state index >= 15 is 0 Å². The lowest BCUT2D eigenvalue weighted by atomic mass is 10.2. The molecule has 0 saturated carbocycles. The summed E-state index contributed by atoms with van der Waals surface area (Å²) in [6, 6.07) is 14.8. The summed E-state index contributed by atoms with van der Waals surface area (Å²) >= 11 is 0. The van der Waals surface area contributed by atoms with E-state index in [0.717, 1.165) is 5.69 Å². The highest BCUT2D eigenvalue weighted by Gasteiger charge is 2.11. The monoisotopic (exact) mass is 281 g/mol. The van der Waals surface area contributed by atoms with Crippen LogP contribution in [-0.4, -0.2) is 10.5 Å². The molecule has 2 aromatic heterocycles. The van der Waals surface area contributed by atoms with Gasteiger partial charge in [0.2, 0.25) is 0 Å². The Kier molecular flexibility index (Phi) is 3.57. The normalized spacial score (nSPS) is 10.5. The van der Waals surface area contributed by atoms with Gasteiger partial charge in [0, 0.05) is 23.8 Å². The van der Waals surface area contributed by atoms with Crippen molar-refractivity contribution in [3.63, 3.8) is 0 Å². The van der Waals surface area contributed by atoms with Gasteiger partial charge < -0.3 is 20.0 Å². The molecule has 3 N–H and O–H groups in total. The number of nitrogens with two attached hydrogens (primary N) is 1. The van der Waals surface area contributed by atoms with Crippen LogP contribution in [0, 0.1) is 0 Å². The lowest BCUT2D eigenvalue weighted by Gasteiger charge is -2.07. The number of nitrogens with zero attached hydrogens (tertiary/aromatic N) is 1. The smallest absolute Gasteiger partial charge is 0.291 e. The van der Waals surface area contributed by atoms with Crippen LogP contribution in [0.2, 0.25) is 0 Å². The summed E-state index contributed by atoms with van der Waals surface area (Å²) in [6.45, 7) is 0.274. The van der Waals surface area contributed by atoms with Crippen molar-refractivity contribution in [2.45, 2.75) is 6.54 Å². The van der Waals surface area contributed by atoms with Gasteiger partial charge in [0.15, 0.2) is 5.76 Å². The molecule has 1 aromatic carbocycles. The average molecular weight is 281 g/mol. The largest absolute Gasteiger partial charge is 0.455 e. The van der Waals surface area contributed by atoms with E-state index in [1.807, 2.05) is 53.4 Å². The molecule has 5 heteroatoms. The number of hydrogen-bond donors (Lipinski definition) is 2. The molecule has 3 rings (SSSR count). The molecule has 0 saturated heterocycles. The fraction of sp³-hybridized carbons (Fsp3) is 0.0625. The van der Waals surface area contributed by atoms with E-state index < -0.39 is 0 Å². The highest BCUT2D eigenvalue weighted by Crippen LogP contribution is 2.16. The number of rotatable bonds is 4. The van der Waals surface area contributed by atoms with Gasteiger partial charge >= 0.3 is 0 Å². The maximum absolute atomic E-state index is 12.1. The molecule has 0 aliphatic heterocycles. The lowest BCUT2D eigenvalue weighted by molar-refractivity contribution is 0.0995. The van der Waals surface area contributed by atoms with E-state index in [4.69, 9.17) is 10.2 Å². The molecular formula is C16H15N3O2. The minimum atomic E-state index is -0.292. The standard InChI is InChI=1S/C16H15N3O2/c17-11-14-6-7-15(21-14)16(20)18-12-4-3-5-13(10-12)19-8-1-2-9-19/h1-10H,11,17H2,(H,18,20). The second kappa shape index (κ2) is 5.68. The lowest BCUT2D eigenvalue weighted by Crippen LogP contribution is -2.11. The summed E-state index contributed by atoms with van der Waals surface area (Å²) in [5.41, 5.74) is 7.14. The van der Waals surface area contributed by atoms with Gasteiger partial charge in [0.25, 0.3) is 5.91 Å². The van der Waals surface area contributed by atoms with Crippen molar-refractivity contribution in [2.24, 2.45) is 5.73 Å². The molecule has 1 amide bonds. The van der Waals surface area contributed by atoms with Crippen molar-refractivity contribution < 1.29 is 9.21 Å². The second-order valence-electron chi connectivity index (χ2n) is 4.56. The predicted octanol–water partition coefficient (Wildman–Crippen LogP) is 2.78. The Hall–Kier alpha value is -2.79. The molecule has 0 fully saturated rings. The Labute approximate surface area is 122 Å². The molecule has 0 atom stereocenters. The first-order valence-electron chi connectivity index (χ1n) is 6.60. The predicted molar refractivity (Wildman–Crippen MR) is 80.3 cm³/mol. The molecular weight excluding hydrogens is 266 g/mol. The van der Waals surface area contributed by atoms with Crippen molar-refractivity contribution in [1.29, 1.82) is 0 Å². The second-order valence-corrected chi connectivity index (χ2v) is 4.56. The number of carbonyl (C=O) groups excluding carboxylic acids is 1. The first-order valence-corrected chi connectivity index (χ1v) is 6.60. The average Bonchev–Trinajstić information content (AvgIpc) is 3.19. The zero-order valence-corrected chi connectivity index (χ0v) is 11.3. The summed E-state index contributed by atoms with van der Waals surface area (Å²) in [6.07, 6.45) is 3.89. The van der Waals surface area contributed by atoms with E-state index in [1.165, 1.54) is 0 Å². The Balaban J connectivity index is 1.78. The van der Waals surface area contributed by atoms with Gasteiger partial charge in [-0.05, 0) is 42.5 Å². The van der Waals surface area contributed by atoms with E-state index in [9.17, 15) is 4.79 Å². The van der Waals surface area contributed by atoms with Crippen LogP contribution in [0.3, 0.4) is 0 Å². The number of aromatic nitrogens is 1. The summed E-state index contributed by atoms with van der Waals surface area (Å²) in [4.78, 5) is 12.1. The highest BCUT2D eigenvalue weighted by molar-refractivity contribution is 6.02. The molecule has 0 aliphatic carbocycles. The molecule has 0 bridgehead atoms. The number of hydrogen-bond acceptors (Lipinski definition) is 3. The van der Waals surface area contributed by atoms with Crippen LogP contribution in [0.4, 0.5) is 5.69 Å². The molecule has 0 spiro atoms. The van der Waals surface area contributed by atoms with Gasteiger partial charge in [-0.15, -0.1) is 0 Å². The van der Waals surface area contributed by atoms with Gasteiger partial charge in [-0.3, -0.25) is 4.79 Å². The zero-order chi connectivity index (χ0) is 14.7. The maximum atomic E-state index is 12.1. The minimum absolute atomic E-state index is 0.252. The Morgan fingerprint density at radius 1 is 1.14 bits per heavy atom. The van der Waals surface area contributed by atoms with Crippen LogP contribution in [0.1, 0.15) is 16.3 Å². The summed E-state index contributed by atoms with van der Waals surface area (Å²) in [5, 5.41) is 2.81. The minimum Gasteiger partial charge on any atom is -0.455 e. The molecule has 0 radical (unpaired) electrons. The molecule has 5 nitrogen and oxygen atoms in total. The van der Waals surface area contributed by atoms with Gasteiger partial charge in [-0.2, -0.15) is 0 Å². The molecule has 0 aliphatic rings. The van der Waals surface area contributed by atoms with Crippen LogP contribution >= 0.6 is 0 Å². The number of carbonyl (C=O) groups is 1. The Morgan fingerprint density at radius 2 is 1.95 bits per heavy atom. The SMILES string of the molecule is NCc1ccc(C(=O)Nc2cccc(-n3cccc3)c2)o1. The summed E-state index contributed by atoms with van der Waals surface area (Å²) in [5.74, 6) is 0.544. The van der Waals surface area contributed by atoms with Crippen LogP contribution in [-0.2, 0) is 6.54 Å².